The van der Waals surface area contributed by atoms with Crippen LogP contribution in [0.25, 0.3) is 0 Å². The quantitative estimate of drug-likeness (QED) is 0.311. The first kappa shape index (κ1) is 27.1. The number of carbonyl (C=O) groups is 2. The lowest BCUT2D eigenvalue weighted by atomic mass is 10.0. The first-order valence-corrected chi connectivity index (χ1v) is 15.1. The third kappa shape index (κ3) is 6.33. The van der Waals surface area contributed by atoms with Crippen LogP contribution in [0.15, 0.2) is 70.5 Å². The number of benzene rings is 3. The first-order valence-electron chi connectivity index (χ1n) is 12.8. The summed E-state index contributed by atoms with van der Waals surface area (Å²) in [6.07, 6.45) is 3.32. The van der Waals surface area contributed by atoms with Crippen LogP contribution in [-0.2, 0) is 17.3 Å². The Morgan fingerprint density at radius 2 is 1.76 bits per heavy atom. The third-order valence-electron chi connectivity index (χ3n) is 6.50. The van der Waals surface area contributed by atoms with Crippen molar-refractivity contribution in [2.45, 2.75) is 56.4 Å². The van der Waals surface area contributed by atoms with Crippen molar-refractivity contribution in [1.82, 2.24) is 5.32 Å². The van der Waals surface area contributed by atoms with Crippen LogP contribution in [0.4, 0.5) is 5.69 Å². The van der Waals surface area contributed by atoms with Crippen LogP contribution < -0.4 is 10.2 Å². The number of thioether (sulfide) groups is 1. The normalized spacial score (nSPS) is 14.6. The number of carbonyl (C=O) groups excluding carboxylic acids is 2. The molecule has 5 nitrogen and oxygen atoms in total. The Bertz CT molecular complexity index is 1320. The maximum absolute atomic E-state index is 13.8. The van der Waals surface area contributed by atoms with Crippen molar-refractivity contribution in [1.29, 1.82) is 0 Å². The van der Waals surface area contributed by atoms with Crippen molar-refractivity contribution >= 4 is 40.1 Å². The van der Waals surface area contributed by atoms with Crippen LogP contribution in [-0.4, -0.2) is 34.1 Å². The molecule has 0 aromatic heterocycles. The summed E-state index contributed by atoms with van der Waals surface area (Å²) in [7, 11) is -1.55. The molecule has 1 aliphatic heterocycles. The Hall–Kier alpha value is -2.90. The molecule has 1 atom stereocenters. The van der Waals surface area contributed by atoms with Gasteiger partial charge in [0.05, 0.1) is 38.4 Å². The van der Waals surface area contributed by atoms with Gasteiger partial charge in [0.15, 0.2) is 0 Å². The molecule has 0 aliphatic carbocycles. The van der Waals surface area contributed by atoms with E-state index < -0.39 is 10.8 Å². The zero-order valence-electron chi connectivity index (χ0n) is 21.7. The molecule has 0 unspecified atom stereocenters. The van der Waals surface area contributed by atoms with Crippen LogP contribution in [0.1, 0.15) is 63.6 Å². The molecule has 0 saturated heterocycles. The molecular weight excluding hydrogens is 500 g/mol. The summed E-state index contributed by atoms with van der Waals surface area (Å²) in [4.78, 5) is 29.5. The number of nitrogens with one attached hydrogen (secondary N) is 1. The van der Waals surface area contributed by atoms with Gasteiger partial charge in [0.1, 0.15) is 0 Å². The first-order chi connectivity index (χ1) is 17.9. The zero-order chi connectivity index (χ0) is 26.4. The molecule has 3 aromatic rings. The number of aryl methyl sites for hydroxylation is 2. The topological polar surface area (TPSA) is 66.5 Å². The van der Waals surface area contributed by atoms with Gasteiger partial charge in [-0.3, -0.25) is 9.59 Å². The van der Waals surface area contributed by atoms with E-state index in [1.807, 2.05) is 37.7 Å². The summed E-state index contributed by atoms with van der Waals surface area (Å²) < 4.78 is 13.6. The molecule has 4 rings (SSSR count). The Labute approximate surface area is 226 Å². The van der Waals surface area contributed by atoms with E-state index >= 15 is 0 Å². The van der Waals surface area contributed by atoms with Crippen molar-refractivity contribution < 1.29 is 13.8 Å². The number of hydrogen-bond acceptors (Lipinski definition) is 4. The molecule has 37 heavy (non-hydrogen) atoms. The second kappa shape index (κ2) is 12.6. The number of nitrogens with zero attached hydrogens (tertiary/aromatic N) is 1. The molecular formula is C30H34N2O3S2. The lowest BCUT2D eigenvalue weighted by Crippen LogP contribution is -2.31. The van der Waals surface area contributed by atoms with Crippen molar-refractivity contribution in [3.63, 3.8) is 0 Å². The number of unbranched alkanes of at least 4 members (excludes halogenated alkanes) is 1. The molecule has 3 aromatic carbocycles. The molecule has 194 valence electrons. The minimum absolute atomic E-state index is 0.187. The maximum atomic E-state index is 13.8. The molecule has 0 saturated carbocycles. The summed E-state index contributed by atoms with van der Waals surface area (Å²) in [6.45, 7) is 7.15. The third-order valence-corrected chi connectivity index (χ3v) is 9.16. The van der Waals surface area contributed by atoms with Gasteiger partial charge in [-0.1, -0.05) is 49.2 Å². The molecule has 1 heterocycles. The van der Waals surface area contributed by atoms with E-state index in [-0.39, 0.29) is 11.8 Å². The Morgan fingerprint density at radius 1 is 0.973 bits per heavy atom. The standard InChI is InChI=1S/C30H34N2O3S2/c1-4-5-16-36-17-8-15-31-29(33)23-13-14-28-26(19-23)32(20-24-18-21(2)11-12-22(24)3)30(34)25-9-6-7-10-27(25)37(28)35/h6-7,9-14,18-19H,4-5,8,15-17,20H2,1-3H3,(H,31,33)/t37-/m1/s1. The molecule has 1 N–H and O–H groups in total. The van der Waals surface area contributed by atoms with E-state index in [0.717, 1.165) is 34.6 Å². The smallest absolute Gasteiger partial charge is 0.259 e. The monoisotopic (exact) mass is 534 g/mol. The van der Waals surface area contributed by atoms with E-state index in [9.17, 15) is 13.8 Å². The highest BCUT2D eigenvalue weighted by Gasteiger charge is 2.31. The number of fused-ring (bicyclic) bond motifs is 2. The second-order valence-electron chi connectivity index (χ2n) is 9.34. The molecule has 0 spiro atoms. The predicted octanol–water partition coefficient (Wildman–Crippen LogP) is 6.28. The number of amides is 2. The minimum atomic E-state index is -1.55. The van der Waals surface area contributed by atoms with Crippen LogP contribution >= 0.6 is 11.8 Å². The summed E-state index contributed by atoms with van der Waals surface area (Å²) in [5.41, 5.74) is 4.59. The van der Waals surface area contributed by atoms with Crippen LogP contribution in [0.5, 0.6) is 0 Å². The SMILES string of the molecule is CCCCSCCCNC(=O)c1ccc2c(c1)N(Cc1cc(C)ccc1C)C(=O)c1ccccc1[S@]2=O. The molecule has 2 amide bonds. The van der Waals surface area contributed by atoms with Crippen molar-refractivity contribution in [2.75, 3.05) is 23.0 Å². The average molecular weight is 535 g/mol. The molecule has 7 heteroatoms. The van der Waals surface area contributed by atoms with E-state index in [1.54, 1.807) is 47.4 Å². The Kier molecular flexibility index (Phi) is 9.22. The molecule has 1 aliphatic rings. The van der Waals surface area contributed by atoms with Gasteiger partial charge in [0, 0.05) is 12.1 Å². The van der Waals surface area contributed by atoms with E-state index in [2.05, 4.69) is 18.3 Å². The minimum Gasteiger partial charge on any atom is -0.352 e. The summed E-state index contributed by atoms with van der Waals surface area (Å²) in [5.74, 6) is 1.76. The van der Waals surface area contributed by atoms with Crippen LogP contribution in [0.2, 0.25) is 0 Å². The molecule has 0 bridgehead atoms. The van der Waals surface area contributed by atoms with Crippen molar-refractivity contribution in [3.8, 4) is 0 Å². The summed E-state index contributed by atoms with van der Waals surface area (Å²) in [6, 6.07) is 18.4. The number of hydrogen-bond donors (Lipinski definition) is 1. The van der Waals surface area contributed by atoms with Gasteiger partial charge < -0.3 is 10.2 Å². The molecule has 0 fully saturated rings. The lowest BCUT2D eigenvalue weighted by Gasteiger charge is -2.24. The van der Waals surface area contributed by atoms with Gasteiger partial charge in [0.2, 0.25) is 0 Å². The largest absolute Gasteiger partial charge is 0.352 e. The van der Waals surface area contributed by atoms with Gasteiger partial charge in [-0.2, -0.15) is 11.8 Å². The zero-order valence-corrected chi connectivity index (χ0v) is 23.3. The maximum Gasteiger partial charge on any atom is 0.259 e. The van der Waals surface area contributed by atoms with Gasteiger partial charge in [-0.25, -0.2) is 4.21 Å². The predicted molar refractivity (Wildman–Crippen MR) is 153 cm³/mol. The summed E-state index contributed by atoms with van der Waals surface area (Å²) >= 11 is 1.91. The Balaban J connectivity index is 1.64. The Morgan fingerprint density at radius 3 is 2.57 bits per heavy atom. The highest BCUT2D eigenvalue weighted by atomic mass is 32.2. The van der Waals surface area contributed by atoms with Crippen molar-refractivity contribution in [2.24, 2.45) is 0 Å². The van der Waals surface area contributed by atoms with E-state index in [4.69, 9.17) is 0 Å². The average Bonchev–Trinajstić information content (AvgIpc) is 2.99. The number of rotatable bonds is 10. The van der Waals surface area contributed by atoms with Gasteiger partial charge in [-0.15, -0.1) is 0 Å². The fourth-order valence-corrected chi connectivity index (χ4v) is 6.72. The van der Waals surface area contributed by atoms with Crippen LogP contribution in [0, 0.1) is 13.8 Å². The number of anilines is 1. The lowest BCUT2D eigenvalue weighted by molar-refractivity contribution is 0.0950. The second-order valence-corrected chi connectivity index (χ2v) is 12.0. The van der Waals surface area contributed by atoms with E-state index in [0.29, 0.717) is 39.7 Å². The fraction of sp³-hybridized carbons (Fsp3) is 0.333. The van der Waals surface area contributed by atoms with Gasteiger partial charge in [-0.05, 0) is 79.7 Å². The highest BCUT2D eigenvalue weighted by Crippen LogP contribution is 2.36. The summed E-state index contributed by atoms with van der Waals surface area (Å²) in [5, 5.41) is 3.00. The van der Waals surface area contributed by atoms with E-state index in [1.165, 1.54) is 12.8 Å². The van der Waals surface area contributed by atoms with Gasteiger partial charge >= 0.3 is 0 Å². The van der Waals surface area contributed by atoms with Gasteiger partial charge in [0.25, 0.3) is 11.8 Å². The van der Waals surface area contributed by atoms with Crippen LogP contribution in [0.3, 0.4) is 0 Å². The fourth-order valence-electron chi connectivity index (χ4n) is 4.33. The van der Waals surface area contributed by atoms with Crippen molar-refractivity contribution in [3.05, 3.63) is 88.5 Å². The molecule has 0 radical (unpaired) electrons. The highest BCUT2D eigenvalue weighted by molar-refractivity contribution is 7.99.